The van der Waals surface area contributed by atoms with Gasteiger partial charge in [0, 0.05) is 11.2 Å². The Kier molecular flexibility index (Phi) is 5.15. The van der Waals surface area contributed by atoms with Crippen molar-refractivity contribution in [1.82, 2.24) is 4.98 Å². The van der Waals surface area contributed by atoms with Gasteiger partial charge in [0.1, 0.15) is 17.2 Å². The first-order valence-electron chi connectivity index (χ1n) is 10.3. The van der Waals surface area contributed by atoms with Crippen LogP contribution in [-0.2, 0) is 0 Å². The zero-order chi connectivity index (χ0) is 22.2. The Morgan fingerprint density at radius 2 is 1.97 bits per heavy atom. The molecule has 3 heterocycles. The molecule has 1 aliphatic heterocycles. The Morgan fingerprint density at radius 1 is 1.09 bits per heavy atom. The number of fused-ring (bicyclic) bond motifs is 2. The molecule has 160 valence electrons. The van der Waals surface area contributed by atoms with Crippen molar-refractivity contribution in [2.24, 2.45) is 0 Å². The highest BCUT2D eigenvalue weighted by atomic mass is 35.5. The van der Waals surface area contributed by atoms with Crippen LogP contribution in [-0.4, -0.2) is 17.5 Å². The van der Waals surface area contributed by atoms with E-state index in [2.05, 4.69) is 4.98 Å². The summed E-state index contributed by atoms with van der Waals surface area (Å²) in [7, 11) is 0. The van der Waals surface area contributed by atoms with Gasteiger partial charge in [-0.15, -0.1) is 0 Å². The molecule has 1 unspecified atom stereocenters. The first-order valence-corrected chi connectivity index (χ1v) is 10.7. The van der Waals surface area contributed by atoms with Crippen LogP contribution >= 0.6 is 11.6 Å². The first kappa shape index (κ1) is 20.3. The summed E-state index contributed by atoms with van der Waals surface area (Å²) in [6, 6.07) is 16.8. The number of benzene rings is 2. The Morgan fingerprint density at radius 3 is 2.75 bits per heavy atom. The van der Waals surface area contributed by atoms with Gasteiger partial charge in [-0.05, 0) is 54.4 Å². The lowest BCUT2D eigenvalue weighted by Gasteiger charge is -2.24. The van der Waals surface area contributed by atoms with E-state index >= 15 is 0 Å². The molecule has 2 aromatic heterocycles. The van der Waals surface area contributed by atoms with Gasteiger partial charge in [-0.25, -0.2) is 4.98 Å². The number of carbonyl (C=O) groups is 1. The Balaban J connectivity index is 1.76. The van der Waals surface area contributed by atoms with Crippen molar-refractivity contribution in [1.29, 1.82) is 0 Å². The molecule has 0 aliphatic carbocycles. The number of aromatic nitrogens is 1. The van der Waals surface area contributed by atoms with Gasteiger partial charge in [0.15, 0.2) is 5.43 Å². The molecular weight excluding hydrogens is 428 g/mol. The van der Waals surface area contributed by atoms with Crippen LogP contribution < -0.4 is 15.1 Å². The zero-order valence-electron chi connectivity index (χ0n) is 17.2. The van der Waals surface area contributed by atoms with Crippen LogP contribution in [0.25, 0.3) is 11.0 Å². The highest BCUT2D eigenvalue weighted by Crippen LogP contribution is 2.41. The van der Waals surface area contributed by atoms with E-state index in [0.717, 1.165) is 12.0 Å². The van der Waals surface area contributed by atoms with Gasteiger partial charge in [0.2, 0.25) is 5.76 Å². The third-order valence-corrected chi connectivity index (χ3v) is 5.61. The van der Waals surface area contributed by atoms with E-state index in [1.54, 1.807) is 42.6 Å². The van der Waals surface area contributed by atoms with Crippen molar-refractivity contribution in [3.63, 3.8) is 0 Å². The van der Waals surface area contributed by atoms with Gasteiger partial charge in [0.05, 0.1) is 23.6 Å². The highest BCUT2D eigenvalue weighted by molar-refractivity contribution is 6.31. The largest absolute Gasteiger partial charge is 0.494 e. The number of hydrogen-bond acceptors (Lipinski definition) is 5. The maximum atomic E-state index is 13.6. The van der Waals surface area contributed by atoms with E-state index in [4.69, 9.17) is 20.8 Å². The van der Waals surface area contributed by atoms with Crippen molar-refractivity contribution in [2.45, 2.75) is 19.4 Å². The number of anilines is 1. The fraction of sp³-hybridized carbons (Fsp3) is 0.160. The smallest absolute Gasteiger partial charge is 0.296 e. The molecule has 4 aromatic rings. The van der Waals surface area contributed by atoms with Gasteiger partial charge in [-0.2, -0.15) is 0 Å². The maximum Gasteiger partial charge on any atom is 0.296 e. The van der Waals surface area contributed by atoms with Crippen LogP contribution in [0.5, 0.6) is 5.75 Å². The molecule has 1 atom stereocenters. The minimum absolute atomic E-state index is 0.0142. The lowest BCUT2D eigenvalue weighted by atomic mass is 9.98. The predicted molar refractivity (Wildman–Crippen MR) is 123 cm³/mol. The van der Waals surface area contributed by atoms with E-state index in [-0.39, 0.29) is 16.8 Å². The van der Waals surface area contributed by atoms with Crippen LogP contribution in [0.4, 0.5) is 5.82 Å². The summed E-state index contributed by atoms with van der Waals surface area (Å²) in [6.45, 7) is 2.60. The molecule has 7 heteroatoms. The second kappa shape index (κ2) is 8.13. The molecule has 32 heavy (non-hydrogen) atoms. The van der Waals surface area contributed by atoms with E-state index in [0.29, 0.717) is 34.2 Å². The lowest BCUT2D eigenvalue weighted by Crippen LogP contribution is -2.30. The SMILES string of the molecule is CCCOc1cccc(C2c3c(oc4ccc(Cl)cc4c3=O)C(=O)N2c2ccccn2)c1. The summed E-state index contributed by atoms with van der Waals surface area (Å²) >= 11 is 6.13. The monoisotopic (exact) mass is 446 g/mol. The number of pyridine rings is 1. The average Bonchev–Trinajstić information content (AvgIpc) is 3.11. The molecule has 2 aromatic carbocycles. The lowest BCUT2D eigenvalue weighted by molar-refractivity contribution is 0.0970. The van der Waals surface area contributed by atoms with Crippen LogP contribution in [0.15, 0.2) is 76.1 Å². The molecule has 1 amide bonds. The fourth-order valence-corrected chi connectivity index (χ4v) is 4.16. The van der Waals surface area contributed by atoms with Crippen LogP contribution in [0.1, 0.15) is 41.1 Å². The number of halogens is 1. The highest BCUT2D eigenvalue weighted by Gasteiger charge is 2.44. The number of carbonyl (C=O) groups excluding carboxylic acids is 1. The molecule has 0 saturated carbocycles. The maximum absolute atomic E-state index is 13.6. The molecule has 0 N–H and O–H groups in total. The van der Waals surface area contributed by atoms with E-state index in [9.17, 15) is 9.59 Å². The number of hydrogen-bond donors (Lipinski definition) is 0. The second-order valence-corrected chi connectivity index (χ2v) is 7.94. The standard InChI is InChI=1S/C25H19ClN2O4/c1-2-12-31-17-7-5-6-15(13-17)22-21-23(29)18-14-16(26)9-10-19(18)32-24(21)25(30)28(22)20-8-3-4-11-27-20/h3-11,13-14,22H,2,12H2,1H3. The van der Waals surface area contributed by atoms with Crippen molar-refractivity contribution in [2.75, 3.05) is 11.5 Å². The summed E-state index contributed by atoms with van der Waals surface area (Å²) in [5, 5.41) is 0.748. The van der Waals surface area contributed by atoms with E-state index in [1.165, 1.54) is 4.90 Å². The van der Waals surface area contributed by atoms with Gasteiger partial charge in [-0.3, -0.25) is 14.5 Å². The van der Waals surface area contributed by atoms with Crippen LogP contribution in [0, 0.1) is 0 Å². The topological polar surface area (TPSA) is 72.6 Å². The fourth-order valence-electron chi connectivity index (χ4n) is 3.99. The summed E-state index contributed by atoms with van der Waals surface area (Å²) < 4.78 is 11.7. The molecule has 1 aliphatic rings. The van der Waals surface area contributed by atoms with Crippen LogP contribution in [0.3, 0.4) is 0 Å². The molecular formula is C25H19ClN2O4. The number of ether oxygens (including phenoxy) is 1. The predicted octanol–water partition coefficient (Wildman–Crippen LogP) is 5.38. The first-order chi connectivity index (χ1) is 15.6. The minimum atomic E-state index is -0.711. The third-order valence-electron chi connectivity index (χ3n) is 5.37. The quantitative estimate of drug-likeness (QED) is 0.411. The Hall–Kier alpha value is -3.64. The van der Waals surface area contributed by atoms with Crippen molar-refractivity contribution in [3.8, 4) is 5.75 Å². The van der Waals surface area contributed by atoms with Crippen LogP contribution in [0.2, 0.25) is 5.02 Å². The Bertz CT molecular complexity index is 1380. The van der Waals surface area contributed by atoms with E-state index in [1.807, 2.05) is 31.2 Å². The third kappa shape index (κ3) is 3.33. The van der Waals surface area contributed by atoms with Crippen molar-refractivity contribution < 1.29 is 13.9 Å². The summed E-state index contributed by atoms with van der Waals surface area (Å²) in [5.74, 6) is 0.688. The molecule has 0 fully saturated rings. The summed E-state index contributed by atoms with van der Waals surface area (Å²) in [6.07, 6.45) is 2.47. The summed E-state index contributed by atoms with van der Waals surface area (Å²) in [5.41, 5.74) is 1.02. The molecule has 0 saturated heterocycles. The number of nitrogens with zero attached hydrogens (tertiary/aromatic N) is 2. The van der Waals surface area contributed by atoms with Gasteiger partial charge >= 0.3 is 0 Å². The molecule has 6 nitrogen and oxygen atoms in total. The molecule has 5 rings (SSSR count). The van der Waals surface area contributed by atoms with E-state index < -0.39 is 11.9 Å². The molecule has 0 bridgehead atoms. The number of rotatable bonds is 5. The van der Waals surface area contributed by atoms with Gasteiger partial charge < -0.3 is 9.15 Å². The van der Waals surface area contributed by atoms with Crippen molar-refractivity contribution in [3.05, 3.63) is 99.0 Å². The van der Waals surface area contributed by atoms with Crippen molar-refractivity contribution >= 4 is 34.3 Å². The normalized spacial score (nSPS) is 15.2. The number of amides is 1. The summed E-state index contributed by atoms with van der Waals surface area (Å²) in [4.78, 5) is 32.9. The molecule has 0 spiro atoms. The average molecular weight is 447 g/mol. The van der Waals surface area contributed by atoms with Gasteiger partial charge in [0.25, 0.3) is 5.91 Å². The second-order valence-electron chi connectivity index (χ2n) is 7.50. The Labute approximate surface area is 189 Å². The molecule has 0 radical (unpaired) electrons. The minimum Gasteiger partial charge on any atom is -0.494 e. The van der Waals surface area contributed by atoms with Gasteiger partial charge in [-0.1, -0.05) is 36.7 Å². The zero-order valence-corrected chi connectivity index (χ0v) is 18.0.